The van der Waals surface area contributed by atoms with Crippen LogP contribution >= 0.6 is 0 Å². The number of rotatable bonds is 4. The van der Waals surface area contributed by atoms with E-state index in [0.717, 1.165) is 11.7 Å². The fourth-order valence-electron chi connectivity index (χ4n) is 3.28. The van der Waals surface area contributed by atoms with Crippen molar-refractivity contribution in [3.05, 3.63) is 29.8 Å². The number of para-hydroxylation sites is 1. The molecule has 0 N–H and O–H groups in total. The maximum absolute atomic E-state index is 5.54. The zero-order valence-electron chi connectivity index (χ0n) is 11.9. The van der Waals surface area contributed by atoms with Crippen LogP contribution in [0.25, 0.3) is 0 Å². The second-order valence-corrected chi connectivity index (χ2v) is 5.66. The Hall–Kier alpha value is -1.02. The molecule has 0 saturated heterocycles. The SMILES string of the molecule is COc1ccccc1C1CCCCC1CN(C)C. The summed E-state index contributed by atoms with van der Waals surface area (Å²) in [4.78, 5) is 2.32. The summed E-state index contributed by atoms with van der Waals surface area (Å²) < 4.78 is 5.54. The highest BCUT2D eigenvalue weighted by atomic mass is 16.5. The molecule has 0 aromatic heterocycles. The second kappa shape index (κ2) is 6.24. The summed E-state index contributed by atoms with van der Waals surface area (Å²) in [6, 6.07) is 8.54. The standard InChI is InChI=1S/C16H25NO/c1-17(2)12-13-8-4-5-9-14(13)15-10-6-7-11-16(15)18-3/h6-7,10-11,13-14H,4-5,8-9,12H2,1-3H3. The molecule has 2 rings (SSSR count). The molecule has 0 radical (unpaired) electrons. The first-order valence-electron chi connectivity index (χ1n) is 7.00. The molecule has 1 fully saturated rings. The number of nitrogens with zero attached hydrogens (tertiary/aromatic N) is 1. The summed E-state index contributed by atoms with van der Waals surface area (Å²) in [7, 11) is 6.13. The van der Waals surface area contributed by atoms with Crippen molar-refractivity contribution in [1.82, 2.24) is 4.90 Å². The Morgan fingerprint density at radius 2 is 1.89 bits per heavy atom. The van der Waals surface area contributed by atoms with Crippen molar-refractivity contribution >= 4 is 0 Å². The molecule has 2 atom stereocenters. The normalized spacial score (nSPS) is 24.2. The first kappa shape index (κ1) is 13.4. The quantitative estimate of drug-likeness (QED) is 0.807. The number of hydrogen-bond acceptors (Lipinski definition) is 2. The lowest BCUT2D eigenvalue weighted by Gasteiger charge is -2.34. The highest BCUT2D eigenvalue weighted by Gasteiger charge is 2.28. The Kier molecular flexibility index (Phi) is 4.65. The number of ether oxygens (including phenoxy) is 1. The maximum atomic E-state index is 5.54. The van der Waals surface area contributed by atoms with Crippen LogP contribution in [0.3, 0.4) is 0 Å². The van der Waals surface area contributed by atoms with Gasteiger partial charge in [-0.2, -0.15) is 0 Å². The molecule has 0 aliphatic heterocycles. The van der Waals surface area contributed by atoms with E-state index in [1.807, 2.05) is 0 Å². The van der Waals surface area contributed by atoms with Crippen LogP contribution in [0.15, 0.2) is 24.3 Å². The van der Waals surface area contributed by atoms with Crippen LogP contribution < -0.4 is 4.74 Å². The van der Waals surface area contributed by atoms with Crippen LogP contribution in [0, 0.1) is 5.92 Å². The predicted octanol–water partition coefficient (Wildman–Crippen LogP) is 3.53. The molecule has 1 aliphatic carbocycles. The van der Waals surface area contributed by atoms with Crippen molar-refractivity contribution in [3.63, 3.8) is 0 Å². The van der Waals surface area contributed by atoms with Crippen LogP contribution in [-0.2, 0) is 0 Å². The molecular weight excluding hydrogens is 222 g/mol. The predicted molar refractivity (Wildman–Crippen MR) is 76.2 cm³/mol. The van der Waals surface area contributed by atoms with Gasteiger partial charge >= 0.3 is 0 Å². The molecule has 2 heteroatoms. The third-order valence-electron chi connectivity index (χ3n) is 4.05. The summed E-state index contributed by atoms with van der Waals surface area (Å²) >= 11 is 0. The minimum Gasteiger partial charge on any atom is -0.496 e. The molecule has 18 heavy (non-hydrogen) atoms. The van der Waals surface area contributed by atoms with E-state index in [1.165, 1.54) is 37.8 Å². The van der Waals surface area contributed by atoms with Gasteiger partial charge in [0.1, 0.15) is 5.75 Å². The Balaban J connectivity index is 2.22. The zero-order chi connectivity index (χ0) is 13.0. The molecule has 1 saturated carbocycles. The summed E-state index contributed by atoms with van der Waals surface area (Å²) in [5.74, 6) is 2.50. The summed E-state index contributed by atoms with van der Waals surface area (Å²) in [5.41, 5.74) is 1.41. The molecule has 0 amide bonds. The lowest BCUT2D eigenvalue weighted by atomic mass is 9.75. The third-order valence-corrected chi connectivity index (χ3v) is 4.05. The van der Waals surface area contributed by atoms with E-state index in [9.17, 15) is 0 Å². The Labute approximate surface area is 111 Å². The number of methoxy groups -OCH3 is 1. The fourth-order valence-corrected chi connectivity index (χ4v) is 3.28. The zero-order valence-corrected chi connectivity index (χ0v) is 11.9. The van der Waals surface area contributed by atoms with Crippen LogP contribution in [0.2, 0.25) is 0 Å². The van der Waals surface area contributed by atoms with Crippen molar-refractivity contribution in [1.29, 1.82) is 0 Å². The second-order valence-electron chi connectivity index (χ2n) is 5.66. The minimum atomic E-state index is 0.664. The smallest absolute Gasteiger partial charge is 0.122 e. The van der Waals surface area contributed by atoms with Crippen molar-refractivity contribution in [2.45, 2.75) is 31.6 Å². The lowest BCUT2D eigenvalue weighted by Crippen LogP contribution is -2.29. The van der Waals surface area contributed by atoms with Gasteiger partial charge < -0.3 is 9.64 Å². The Morgan fingerprint density at radius 3 is 2.61 bits per heavy atom. The van der Waals surface area contributed by atoms with Gasteiger partial charge in [0.05, 0.1) is 7.11 Å². The van der Waals surface area contributed by atoms with Crippen molar-refractivity contribution < 1.29 is 4.74 Å². The average molecular weight is 247 g/mol. The van der Waals surface area contributed by atoms with Crippen LogP contribution in [0.4, 0.5) is 0 Å². The van der Waals surface area contributed by atoms with Gasteiger partial charge in [-0.05, 0) is 50.4 Å². The monoisotopic (exact) mass is 247 g/mol. The first-order valence-corrected chi connectivity index (χ1v) is 7.00. The molecule has 0 bridgehead atoms. The van der Waals surface area contributed by atoms with Crippen LogP contribution in [0.5, 0.6) is 5.75 Å². The van der Waals surface area contributed by atoms with Crippen molar-refractivity contribution in [2.24, 2.45) is 5.92 Å². The van der Waals surface area contributed by atoms with E-state index in [4.69, 9.17) is 4.74 Å². The molecule has 100 valence electrons. The van der Waals surface area contributed by atoms with Gasteiger partial charge in [0.2, 0.25) is 0 Å². The topological polar surface area (TPSA) is 12.5 Å². The Bertz CT molecular complexity index is 375. The summed E-state index contributed by atoms with van der Waals surface area (Å²) in [6.07, 6.45) is 5.39. The molecule has 1 aromatic rings. The lowest BCUT2D eigenvalue weighted by molar-refractivity contribution is 0.230. The van der Waals surface area contributed by atoms with Gasteiger partial charge in [-0.25, -0.2) is 0 Å². The highest BCUT2D eigenvalue weighted by molar-refractivity contribution is 5.36. The molecular formula is C16H25NO. The molecule has 2 nitrogen and oxygen atoms in total. The minimum absolute atomic E-state index is 0.664. The number of hydrogen-bond donors (Lipinski definition) is 0. The highest BCUT2D eigenvalue weighted by Crippen LogP contribution is 2.41. The van der Waals surface area contributed by atoms with Crippen LogP contribution in [0.1, 0.15) is 37.2 Å². The Morgan fingerprint density at radius 1 is 1.17 bits per heavy atom. The number of benzene rings is 1. The van der Waals surface area contributed by atoms with E-state index in [1.54, 1.807) is 7.11 Å². The average Bonchev–Trinajstić information content (AvgIpc) is 2.39. The van der Waals surface area contributed by atoms with Crippen LogP contribution in [-0.4, -0.2) is 32.6 Å². The molecule has 0 spiro atoms. The van der Waals surface area contributed by atoms with Crippen molar-refractivity contribution in [2.75, 3.05) is 27.7 Å². The maximum Gasteiger partial charge on any atom is 0.122 e. The van der Waals surface area contributed by atoms with Gasteiger partial charge in [0, 0.05) is 6.54 Å². The van der Waals surface area contributed by atoms with E-state index >= 15 is 0 Å². The third kappa shape index (κ3) is 3.05. The fraction of sp³-hybridized carbons (Fsp3) is 0.625. The molecule has 1 aromatic carbocycles. The van der Waals surface area contributed by atoms with E-state index < -0.39 is 0 Å². The summed E-state index contributed by atoms with van der Waals surface area (Å²) in [5, 5.41) is 0. The van der Waals surface area contributed by atoms with E-state index in [2.05, 4.69) is 43.3 Å². The van der Waals surface area contributed by atoms with Gasteiger partial charge in [0.15, 0.2) is 0 Å². The van der Waals surface area contributed by atoms with Crippen molar-refractivity contribution in [3.8, 4) is 5.75 Å². The molecule has 2 unspecified atom stereocenters. The van der Waals surface area contributed by atoms with Gasteiger partial charge in [-0.15, -0.1) is 0 Å². The summed E-state index contributed by atoms with van der Waals surface area (Å²) in [6.45, 7) is 1.18. The van der Waals surface area contributed by atoms with E-state index in [-0.39, 0.29) is 0 Å². The largest absolute Gasteiger partial charge is 0.496 e. The first-order chi connectivity index (χ1) is 8.72. The van der Waals surface area contributed by atoms with E-state index in [0.29, 0.717) is 5.92 Å². The molecule has 1 aliphatic rings. The van der Waals surface area contributed by atoms with Gasteiger partial charge in [-0.1, -0.05) is 31.0 Å². The van der Waals surface area contributed by atoms with Gasteiger partial charge in [0.25, 0.3) is 0 Å². The molecule has 0 heterocycles. The van der Waals surface area contributed by atoms with Gasteiger partial charge in [-0.3, -0.25) is 0 Å².